The van der Waals surface area contributed by atoms with Crippen LogP contribution in [0.1, 0.15) is 39.5 Å². The van der Waals surface area contributed by atoms with Crippen molar-refractivity contribution in [2.75, 3.05) is 12.3 Å². The van der Waals surface area contributed by atoms with Gasteiger partial charge in [-0.05, 0) is 50.6 Å². The fraction of sp³-hybridized carbons (Fsp3) is 0.562. The first-order valence-electron chi connectivity index (χ1n) is 7.31. The van der Waals surface area contributed by atoms with Crippen LogP contribution in [0.3, 0.4) is 0 Å². The molecule has 1 rings (SSSR count). The molecule has 1 unspecified atom stereocenters. The largest absolute Gasteiger partial charge is 0.368 e. The van der Waals surface area contributed by atoms with Crippen LogP contribution in [0.5, 0.6) is 0 Å². The van der Waals surface area contributed by atoms with Crippen molar-refractivity contribution in [2.45, 2.75) is 50.0 Å². The highest BCUT2D eigenvalue weighted by Crippen LogP contribution is 2.20. The van der Waals surface area contributed by atoms with Gasteiger partial charge in [-0.2, -0.15) is 0 Å². The smallest absolute Gasteiger partial charge is 0.237 e. The summed E-state index contributed by atoms with van der Waals surface area (Å²) < 4.78 is 0. The molecular formula is C16H26N2OS. The Hall–Kier alpha value is -1.00. The standard InChI is InChI=1S/C16H26N2OS/c1-3-12-18-16(2,15(17)19)11-7-8-13-20-14-9-5-4-6-10-14/h4-6,9-10,18H,3,7-8,11-13H2,1-2H3,(H2,17,19). The lowest BCUT2D eigenvalue weighted by Gasteiger charge is -2.27. The predicted molar refractivity (Wildman–Crippen MR) is 86.9 cm³/mol. The van der Waals surface area contributed by atoms with Crippen molar-refractivity contribution >= 4 is 17.7 Å². The maximum atomic E-state index is 11.6. The van der Waals surface area contributed by atoms with Crippen molar-refractivity contribution in [3.8, 4) is 0 Å². The number of carbonyl (C=O) groups is 1. The Balaban J connectivity index is 2.25. The second-order valence-electron chi connectivity index (χ2n) is 5.24. The minimum Gasteiger partial charge on any atom is -0.368 e. The summed E-state index contributed by atoms with van der Waals surface area (Å²) in [5, 5.41) is 3.27. The number of benzene rings is 1. The molecule has 1 aromatic rings. The molecule has 0 spiro atoms. The summed E-state index contributed by atoms with van der Waals surface area (Å²) in [6.45, 7) is 4.83. The second-order valence-corrected chi connectivity index (χ2v) is 6.41. The van der Waals surface area contributed by atoms with E-state index >= 15 is 0 Å². The molecule has 112 valence electrons. The fourth-order valence-corrected chi connectivity index (χ4v) is 2.92. The van der Waals surface area contributed by atoms with Crippen LogP contribution in [0.25, 0.3) is 0 Å². The lowest BCUT2D eigenvalue weighted by molar-refractivity contribution is -0.124. The molecule has 20 heavy (non-hydrogen) atoms. The first-order valence-corrected chi connectivity index (χ1v) is 8.30. The van der Waals surface area contributed by atoms with Crippen LogP contribution < -0.4 is 11.1 Å². The molecule has 1 aromatic carbocycles. The van der Waals surface area contributed by atoms with Gasteiger partial charge >= 0.3 is 0 Å². The van der Waals surface area contributed by atoms with Crippen LogP contribution in [0.4, 0.5) is 0 Å². The van der Waals surface area contributed by atoms with Crippen LogP contribution in [0.2, 0.25) is 0 Å². The van der Waals surface area contributed by atoms with Gasteiger partial charge in [-0.15, -0.1) is 11.8 Å². The number of unbranched alkanes of at least 4 members (excludes halogenated alkanes) is 1. The fourth-order valence-electron chi connectivity index (χ4n) is 1.99. The monoisotopic (exact) mass is 294 g/mol. The van der Waals surface area contributed by atoms with Gasteiger partial charge in [-0.25, -0.2) is 0 Å². The van der Waals surface area contributed by atoms with Crippen LogP contribution in [-0.4, -0.2) is 23.7 Å². The minimum absolute atomic E-state index is 0.248. The third kappa shape index (κ3) is 5.97. The SMILES string of the molecule is CCCNC(C)(CCCCSc1ccccc1)C(N)=O. The van der Waals surface area contributed by atoms with Crippen LogP contribution in [0, 0.1) is 0 Å². The number of nitrogens with one attached hydrogen (secondary N) is 1. The van der Waals surface area contributed by atoms with Gasteiger partial charge in [0.1, 0.15) is 0 Å². The molecule has 0 heterocycles. The average molecular weight is 294 g/mol. The van der Waals surface area contributed by atoms with E-state index in [0.29, 0.717) is 0 Å². The molecule has 0 bridgehead atoms. The summed E-state index contributed by atoms with van der Waals surface area (Å²) >= 11 is 1.86. The van der Waals surface area contributed by atoms with Crippen LogP contribution >= 0.6 is 11.8 Å². The third-order valence-corrected chi connectivity index (χ3v) is 4.49. The number of carbonyl (C=O) groups excluding carboxylic acids is 1. The first kappa shape index (κ1) is 17.1. The summed E-state index contributed by atoms with van der Waals surface area (Å²) in [6.07, 6.45) is 3.91. The van der Waals surface area contributed by atoms with Gasteiger partial charge in [-0.1, -0.05) is 31.5 Å². The zero-order chi connectivity index (χ0) is 14.8. The van der Waals surface area contributed by atoms with Gasteiger partial charge in [0.25, 0.3) is 0 Å². The summed E-state index contributed by atoms with van der Waals surface area (Å²) in [4.78, 5) is 12.9. The molecule has 3 N–H and O–H groups in total. The van der Waals surface area contributed by atoms with Crippen molar-refractivity contribution in [2.24, 2.45) is 5.73 Å². The van der Waals surface area contributed by atoms with Gasteiger partial charge < -0.3 is 11.1 Å². The third-order valence-electron chi connectivity index (χ3n) is 3.39. The van der Waals surface area contributed by atoms with Crippen LogP contribution in [0.15, 0.2) is 35.2 Å². The van der Waals surface area contributed by atoms with E-state index in [1.165, 1.54) is 4.90 Å². The van der Waals surface area contributed by atoms with Crippen molar-refractivity contribution in [1.29, 1.82) is 0 Å². The summed E-state index contributed by atoms with van der Waals surface area (Å²) in [5.74, 6) is 0.828. The molecule has 1 amide bonds. The zero-order valence-corrected chi connectivity index (χ0v) is 13.3. The zero-order valence-electron chi connectivity index (χ0n) is 12.5. The Kier molecular flexibility index (Phi) is 7.70. The highest BCUT2D eigenvalue weighted by molar-refractivity contribution is 7.99. The van der Waals surface area contributed by atoms with E-state index in [2.05, 4.69) is 36.5 Å². The maximum absolute atomic E-state index is 11.6. The quantitative estimate of drug-likeness (QED) is 0.515. The van der Waals surface area contributed by atoms with Gasteiger partial charge in [0.2, 0.25) is 5.91 Å². The lowest BCUT2D eigenvalue weighted by Crippen LogP contribution is -2.53. The number of rotatable bonds is 10. The van der Waals surface area contributed by atoms with E-state index in [-0.39, 0.29) is 5.91 Å². The van der Waals surface area contributed by atoms with E-state index in [0.717, 1.165) is 38.0 Å². The topological polar surface area (TPSA) is 55.1 Å². The van der Waals surface area contributed by atoms with Crippen LogP contribution in [-0.2, 0) is 4.79 Å². The molecule has 3 nitrogen and oxygen atoms in total. The number of thioether (sulfide) groups is 1. The summed E-state index contributed by atoms with van der Waals surface area (Å²) in [6, 6.07) is 10.4. The Morgan fingerprint density at radius 1 is 1.30 bits per heavy atom. The Morgan fingerprint density at radius 2 is 2.00 bits per heavy atom. The molecule has 0 aliphatic rings. The number of nitrogens with two attached hydrogens (primary N) is 1. The lowest BCUT2D eigenvalue weighted by atomic mass is 9.94. The van der Waals surface area contributed by atoms with Crippen molar-refractivity contribution < 1.29 is 4.79 Å². The molecule has 0 saturated heterocycles. The van der Waals surface area contributed by atoms with E-state index in [4.69, 9.17) is 5.73 Å². The highest BCUT2D eigenvalue weighted by Gasteiger charge is 2.29. The molecule has 0 fully saturated rings. The predicted octanol–water partition coefficient (Wildman–Crippen LogP) is 3.19. The van der Waals surface area contributed by atoms with Crippen molar-refractivity contribution in [1.82, 2.24) is 5.32 Å². The van der Waals surface area contributed by atoms with Crippen molar-refractivity contribution in [3.63, 3.8) is 0 Å². The molecule has 0 aliphatic heterocycles. The van der Waals surface area contributed by atoms with Gasteiger partial charge in [0.05, 0.1) is 5.54 Å². The van der Waals surface area contributed by atoms with E-state index in [1.807, 2.05) is 24.8 Å². The summed E-state index contributed by atoms with van der Waals surface area (Å²) in [5.41, 5.74) is 4.95. The van der Waals surface area contributed by atoms with Gasteiger partial charge in [0.15, 0.2) is 0 Å². The highest BCUT2D eigenvalue weighted by atomic mass is 32.2. The first-order chi connectivity index (χ1) is 9.58. The number of primary amides is 1. The molecule has 4 heteroatoms. The van der Waals surface area contributed by atoms with Gasteiger partial charge in [-0.3, -0.25) is 4.79 Å². The Bertz CT molecular complexity index is 397. The molecule has 1 atom stereocenters. The number of hydrogen-bond acceptors (Lipinski definition) is 3. The second kappa shape index (κ2) is 9.03. The summed E-state index contributed by atoms with van der Waals surface area (Å²) in [7, 11) is 0. The van der Waals surface area contributed by atoms with E-state index in [1.54, 1.807) is 0 Å². The average Bonchev–Trinajstić information content (AvgIpc) is 2.45. The van der Waals surface area contributed by atoms with E-state index < -0.39 is 5.54 Å². The van der Waals surface area contributed by atoms with Crippen molar-refractivity contribution in [3.05, 3.63) is 30.3 Å². The Labute approximate surface area is 126 Å². The minimum atomic E-state index is -0.562. The number of amides is 1. The Morgan fingerprint density at radius 3 is 2.60 bits per heavy atom. The maximum Gasteiger partial charge on any atom is 0.237 e. The normalized spacial score (nSPS) is 13.9. The van der Waals surface area contributed by atoms with Gasteiger partial charge in [0, 0.05) is 4.90 Å². The number of hydrogen-bond donors (Lipinski definition) is 2. The molecule has 0 saturated carbocycles. The molecular weight excluding hydrogens is 268 g/mol. The van der Waals surface area contributed by atoms with E-state index in [9.17, 15) is 4.79 Å². The molecule has 0 aliphatic carbocycles. The molecule has 0 radical (unpaired) electrons. The molecule has 0 aromatic heterocycles.